The molecule has 0 aromatic heterocycles. The predicted octanol–water partition coefficient (Wildman–Crippen LogP) is 0.702. The molecule has 4 aliphatic heterocycles. The van der Waals surface area contributed by atoms with E-state index in [9.17, 15) is 4.79 Å². The standard InChI is InChI=1S/C20H34N6O3/c1-20(2)16-11-21-18(23-15-5-8-28-9-6-15)24-17(16)12-26(20)19(27)25-22-10-14-4-3-7-29-13-14/h11,14-15,18,22-24H,3-10,12-13H2,1-2H3,(H,25,27). The fraction of sp³-hybridized carbons (Fsp3) is 0.800. The van der Waals surface area contributed by atoms with Gasteiger partial charge in [0.2, 0.25) is 0 Å². The van der Waals surface area contributed by atoms with Crippen LogP contribution in [0.2, 0.25) is 0 Å². The van der Waals surface area contributed by atoms with Crippen molar-refractivity contribution < 1.29 is 14.3 Å². The van der Waals surface area contributed by atoms with E-state index in [2.05, 4.69) is 40.3 Å². The molecule has 0 aromatic rings. The second-order valence-corrected chi connectivity index (χ2v) is 8.81. The van der Waals surface area contributed by atoms with Gasteiger partial charge in [0, 0.05) is 49.9 Å². The third-order valence-electron chi connectivity index (χ3n) is 6.34. The summed E-state index contributed by atoms with van der Waals surface area (Å²) in [6.07, 6.45) is 5.98. The van der Waals surface area contributed by atoms with Crippen LogP contribution in [0.5, 0.6) is 0 Å². The van der Waals surface area contributed by atoms with Gasteiger partial charge in [0.15, 0.2) is 6.29 Å². The monoisotopic (exact) mass is 406 g/mol. The fourth-order valence-electron chi connectivity index (χ4n) is 4.47. The number of amides is 2. The number of urea groups is 1. The molecule has 29 heavy (non-hydrogen) atoms. The van der Waals surface area contributed by atoms with Crippen molar-refractivity contribution in [1.82, 2.24) is 26.4 Å². The number of nitrogens with zero attached hydrogens (tertiary/aromatic N) is 2. The van der Waals surface area contributed by atoms with Crippen LogP contribution in [0.15, 0.2) is 16.3 Å². The molecule has 9 heteroatoms. The highest BCUT2D eigenvalue weighted by Gasteiger charge is 2.43. The summed E-state index contributed by atoms with van der Waals surface area (Å²) in [4.78, 5) is 19.3. The topological polar surface area (TPSA) is 99.3 Å². The lowest BCUT2D eigenvalue weighted by Crippen LogP contribution is -2.54. The van der Waals surface area contributed by atoms with E-state index in [0.717, 1.165) is 69.9 Å². The number of carbonyl (C=O) groups excluding carboxylic acids is 1. The van der Waals surface area contributed by atoms with Crippen molar-refractivity contribution in [3.8, 4) is 0 Å². The molecule has 2 atom stereocenters. The van der Waals surface area contributed by atoms with Crippen molar-refractivity contribution in [2.75, 3.05) is 39.5 Å². The second kappa shape index (κ2) is 8.99. The van der Waals surface area contributed by atoms with Crippen LogP contribution in [0.1, 0.15) is 39.5 Å². The Kier molecular flexibility index (Phi) is 6.38. The van der Waals surface area contributed by atoms with Gasteiger partial charge in [-0.05, 0) is 45.4 Å². The number of hydrogen-bond donors (Lipinski definition) is 4. The number of carbonyl (C=O) groups is 1. The number of hydrazine groups is 1. The van der Waals surface area contributed by atoms with Crippen LogP contribution in [0.25, 0.3) is 0 Å². The number of hydrogen-bond acceptors (Lipinski definition) is 7. The summed E-state index contributed by atoms with van der Waals surface area (Å²) < 4.78 is 10.9. The molecule has 0 saturated carbocycles. The maximum absolute atomic E-state index is 12.8. The lowest BCUT2D eigenvalue weighted by molar-refractivity contribution is 0.0535. The van der Waals surface area contributed by atoms with E-state index in [1.54, 1.807) is 0 Å². The molecule has 0 bridgehead atoms. The zero-order chi connectivity index (χ0) is 20.3. The summed E-state index contributed by atoms with van der Waals surface area (Å²) in [5.74, 6) is 0.452. The predicted molar refractivity (Wildman–Crippen MR) is 110 cm³/mol. The van der Waals surface area contributed by atoms with Gasteiger partial charge < -0.3 is 19.7 Å². The number of aliphatic imine (C=N–C) groups is 1. The van der Waals surface area contributed by atoms with Crippen molar-refractivity contribution in [2.24, 2.45) is 10.9 Å². The molecule has 2 unspecified atom stereocenters. The summed E-state index contributed by atoms with van der Waals surface area (Å²) in [5, 5.41) is 7.03. The molecule has 0 aliphatic carbocycles. The SMILES string of the molecule is CC1(C)C2=C(CN1C(=O)NNCC1CCCOC1)NC(NC1CCOCC1)N=C2. The maximum Gasteiger partial charge on any atom is 0.332 e. The number of ether oxygens (including phenoxy) is 2. The van der Waals surface area contributed by atoms with E-state index in [0.29, 0.717) is 18.5 Å². The van der Waals surface area contributed by atoms with Gasteiger partial charge in [-0.1, -0.05) is 0 Å². The zero-order valence-electron chi connectivity index (χ0n) is 17.5. The molecule has 0 spiro atoms. The Morgan fingerprint density at radius 3 is 2.86 bits per heavy atom. The smallest absolute Gasteiger partial charge is 0.332 e. The molecule has 4 rings (SSSR count). The van der Waals surface area contributed by atoms with Crippen molar-refractivity contribution in [3.05, 3.63) is 11.3 Å². The van der Waals surface area contributed by atoms with Crippen LogP contribution < -0.4 is 21.5 Å². The Hall–Kier alpha value is -1.68. The minimum atomic E-state index is -0.421. The summed E-state index contributed by atoms with van der Waals surface area (Å²) in [6.45, 7) is 8.58. The number of rotatable bonds is 5. The highest BCUT2D eigenvalue weighted by Crippen LogP contribution is 2.33. The molecule has 0 aromatic carbocycles. The van der Waals surface area contributed by atoms with Crippen molar-refractivity contribution >= 4 is 12.2 Å². The van der Waals surface area contributed by atoms with Gasteiger partial charge >= 0.3 is 6.03 Å². The normalized spacial score (nSPS) is 29.5. The summed E-state index contributed by atoms with van der Waals surface area (Å²) in [7, 11) is 0. The Bertz CT molecular complexity index is 653. The first-order valence-corrected chi connectivity index (χ1v) is 10.8. The highest BCUT2D eigenvalue weighted by molar-refractivity contribution is 5.88. The molecule has 4 N–H and O–H groups in total. The first kappa shape index (κ1) is 20.6. The summed E-state index contributed by atoms with van der Waals surface area (Å²) in [6, 6.07) is 0.285. The molecule has 4 aliphatic rings. The van der Waals surface area contributed by atoms with Gasteiger partial charge in [0.25, 0.3) is 0 Å². The van der Waals surface area contributed by atoms with E-state index in [1.807, 2.05) is 11.1 Å². The second-order valence-electron chi connectivity index (χ2n) is 8.81. The van der Waals surface area contributed by atoms with E-state index < -0.39 is 5.54 Å². The molecule has 2 amide bonds. The van der Waals surface area contributed by atoms with Gasteiger partial charge in [-0.2, -0.15) is 0 Å². The first-order valence-electron chi connectivity index (χ1n) is 10.8. The Morgan fingerprint density at radius 1 is 1.28 bits per heavy atom. The third-order valence-corrected chi connectivity index (χ3v) is 6.34. The van der Waals surface area contributed by atoms with Crippen molar-refractivity contribution in [3.63, 3.8) is 0 Å². The van der Waals surface area contributed by atoms with E-state index in [1.165, 1.54) is 0 Å². The van der Waals surface area contributed by atoms with Crippen LogP contribution in [0, 0.1) is 5.92 Å². The Balaban J connectivity index is 1.28. The zero-order valence-corrected chi connectivity index (χ0v) is 17.5. The van der Waals surface area contributed by atoms with E-state index >= 15 is 0 Å². The van der Waals surface area contributed by atoms with E-state index in [4.69, 9.17) is 9.47 Å². The van der Waals surface area contributed by atoms with Gasteiger partial charge in [-0.15, -0.1) is 0 Å². The fourth-order valence-corrected chi connectivity index (χ4v) is 4.47. The Labute approximate surface area is 172 Å². The van der Waals surface area contributed by atoms with Crippen LogP contribution in [-0.4, -0.2) is 74.5 Å². The third kappa shape index (κ3) is 4.74. The minimum absolute atomic E-state index is 0.120. The maximum atomic E-state index is 12.8. The summed E-state index contributed by atoms with van der Waals surface area (Å²) >= 11 is 0. The van der Waals surface area contributed by atoms with Gasteiger partial charge in [-0.3, -0.25) is 15.7 Å². The molecule has 4 heterocycles. The lowest BCUT2D eigenvalue weighted by Gasteiger charge is -2.33. The first-order chi connectivity index (χ1) is 14.0. The molecule has 162 valence electrons. The molecular weight excluding hydrogens is 372 g/mol. The van der Waals surface area contributed by atoms with Gasteiger partial charge in [-0.25, -0.2) is 10.2 Å². The molecule has 2 fully saturated rings. The largest absolute Gasteiger partial charge is 0.381 e. The average molecular weight is 407 g/mol. The van der Waals surface area contributed by atoms with Crippen molar-refractivity contribution in [1.29, 1.82) is 0 Å². The average Bonchev–Trinajstić information content (AvgIpc) is 3.00. The molecule has 9 nitrogen and oxygen atoms in total. The minimum Gasteiger partial charge on any atom is -0.381 e. The van der Waals surface area contributed by atoms with E-state index in [-0.39, 0.29) is 12.3 Å². The molecule has 0 radical (unpaired) electrons. The summed E-state index contributed by atoms with van der Waals surface area (Å²) in [5.41, 5.74) is 7.67. The van der Waals surface area contributed by atoms with Crippen molar-refractivity contribution in [2.45, 2.75) is 57.4 Å². The van der Waals surface area contributed by atoms with Gasteiger partial charge in [0.05, 0.1) is 18.7 Å². The lowest BCUT2D eigenvalue weighted by atomic mass is 9.95. The quantitative estimate of drug-likeness (QED) is 0.502. The Morgan fingerprint density at radius 2 is 2.10 bits per heavy atom. The molecular formula is C20H34N6O3. The van der Waals surface area contributed by atoms with Crippen LogP contribution >= 0.6 is 0 Å². The van der Waals surface area contributed by atoms with Crippen LogP contribution in [-0.2, 0) is 9.47 Å². The van der Waals surface area contributed by atoms with Crippen LogP contribution in [0.3, 0.4) is 0 Å². The highest BCUT2D eigenvalue weighted by atomic mass is 16.5. The van der Waals surface area contributed by atoms with Crippen LogP contribution in [0.4, 0.5) is 4.79 Å². The molecule has 2 saturated heterocycles. The number of nitrogens with one attached hydrogen (secondary N) is 4. The van der Waals surface area contributed by atoms with Gasteiger partial charge in [0.1, 0.15) is 0 Å².